The molecule has 1 amide bonds. The van der Waals surface area contributed by atoms with E-state index in [-0.39, 0.29) is 23.5 Å². The summed E-state index contributed by atoms with van der Waals surface area (Å²) >= 11 is 0. The molecule has 7 heteroatoms. The molecule has 0 aliphatic carbocycles. The third-order valence-corrected chi connectivity index (χ3v) is 6.16. The molecule has 1 N–H and O–H groups in total. The molecule has 2 fully saturated rings. The van der Waals surface area contributed by atoms with Crippen LogP contribution in [0.4, 0.5) is 0 Å². The van der Waals surface area contributed by atoms with E-state index >= 15 is 0 Å². The summed E-state index contributed by atoms with van der Waals surface area (Å²) in [6, 6.07) is 8.22. The first-order valence-corrected chi connectivity index (χ1v) is 10.6. The predicted octanol–water partition coefficient (Wildman–Crippen LogP) is 3.01. The Labute approximate surface area is 180 Å². The molecular weight excluding hydrogens is 396 g/mol. The summed E-state index contributed by atoms with van der Waals surface area (Å²) in [6.45, 7) is 2.95. The molecule has 4 heterocycles. The summed E-state index contributed by atoms with van der Waals surface area (Å²) in [6.07, 6.45) is 5.71. The third kappa shape index (κ3) is 3.49. The number of ketones is 1. The summed E-state index contributed by atoms with van der Waals surface area (Å²) < 4.78 is 11.5. The zero-order chi connectivity index (χ0) is 21.5. The van der Waals surface area contributed by atoms with Crippen molar-refractivity contribution in [2.75, 3.05) is 13.2 Å². The van der Waals surface area contributed by atoms with Gasteiger partial charge in [-0.05, 0) is 61.2 Å². The number of aliphatic hydroxyl groups excluding tert-OH is 1. The van der Waals surface area contributed by atoms with Crippen LogP contribution in [0.1, 0.15) is 42.5 Å². The molecule has 31 heavy (non-hydrogen) atoms. The van der Waals surface area contributed by atoms with Crippen molar-refractivity contribution in [2.45, 2.75) is 44.4 Å². The first-order valence-electron chi connectivity index (χ1n) is 10.6. The standard InChI is InChI=1S/C24H24N2O5/c1-14-11-17-12-16(4-5-19(17)31-14)22(27)20-21(15-6-8-25-9-7-15)26(24(29)23(20)28)13-18-3-2-10-30-18/h4-9,12,14,18,21,27H,2-3,10-11,13H2,1H3/t14-,18-,21-/m0/s1. The van der Waals surface area contributed by atoms with Gasteiger partial charge in [0.25, 0.3) is 11.7 Å². The lowest BCUT2D eigenvalue weighted by Gasteiger charge is -2.27. The second-order valence-electron chi connectivity index (χ2n) is 8.32. The highest BCUT2D eigenvalue weighted by Gasteiger charge is 2.47. The van der Waals surface area contributed by atoms with Crippen LogP contribution in [0.3, 0.4) is 0 Å². The van der Waals surface area contributed by atoms with Gasteiger partial charge in [0.1, 0.15) is 17.6 Å². The second kappa shape index (κ2) is 7.81. The Kier molecular flexibility index (Phi) is 4.98. The van der Waals surface area contributed by atoms with Crippen molar-refractivity contribution in [1.82, 2.24) is 9.88 Å². The van der Waals surface area contributed by atoms with Gasteiger partial charge in [-0.15, -0.1) is 0 Å². The molecule has 3 aliphatic rings. The fraction of sp³-hybridized carbons (Fsp3) is 0.375. The summed E-state index contributed by atoms with van der Waals surface area (Å²) in [5.74, 6) is -0.676. The molecule has 2 saturated heterocycles. The van der Waals surface area contributed by atoms with Crippen LogP contribution in [0.25, 0.3) is 5.76 Å². The van der Waals surface area contributed by atoms with Crippen molar-refractivity contribution < 1.29 is 24.2 Å². The topological polar surface area (TPSA) is 89.0 Å². The number of amides is 1. The second-order valence-corrected chi connectivity index (χ2v) is 8.32. The van der Waals surface area contributed by atoms with Crippen molar-refractivity contribution in [3.05, 3.63) is 65.0 Å². The van der Waals surface area contributed by atoms with Gasteiger partial charge in [0.15, 0.2) is 0 Å². The van der Waals surface area contributed by atoms with Crippen LogP contribution in [-0.2, 0) is 20.7 Å². The number of carbonyl (C=O) groups excluding carboxylic acids is 2. The lowest BCUT2D eigenvalue weighted by atomic mass is 9.95. The number of aliphatic hydroxyl groups is 1. The van der Waals surface area contributed by atoms with Crippen molar-refractivity contribution in [3.63, 3.8) is 0 Å². The van der Waals surface area contributed by atoms with E-state index in [1.54, 1.807) is 36.7 Å². The van der Waals surface area contributed by atoms with Gasteiger partial charge in [-0.25, -0.2) is 0 Å². The van der Waals surface area contributed by atoms with E-state index in [0.717, 1.165) is 36.1 Å². The highest BCUT2D eigenvalue weighted by Crippen LogP contribution is 2.41. The molecule has 3 atom stereocenters. The minimum absolute atomic E-state index is 0.0706. The van der Waals surface area contributed by atoms with E-state index in [1.165, 1.54) is 4.90 Å². The van der Waals surface area contributed by atoms with Crippen LogP contribution in [0.2, 0.25) is 0 Å². The van der Waals surface area contributed by atoms with Gasteiger partial charge < -0.3 is 19.5 Å². The first-order chi connectivity index (χ1) is 15.0. The van der Waals surface area contributed by atoms with Crippen LogP contribution in [0, 0.1) is 0 Å². The van der Waals surface area contributed by atoms with Gasteiger partial charge in [0.05, 0.1) is 17.7 Å². The van der Waals surface area contributed by atoms with Gasteiger partial charge >= 0.3 is 0 Å². The molecular formula is C24H24N2O5. The lowest BCUT2D eigenvalue weighted by molar-refractivity contribution is -0.140. The Morgan fingerprint density at radius 2 is 2.03 bits per heavy atom. The van der Waals surface area contributed by atoms with Crippen LogP contribution in [0.5, 0.6) is 5.75 Å². The van der Waals surface area contributed by atoms with Crippen LogP contribution in [-0.4, -0.2) is 52.0 Å². The predicted molar refractivity (Wildman–Crippen MR) is 112 cm³/mol. The van der Waals surface area contributed by atoms with Crippen molar-refractivity contribution >= 4 is 17.4 Å². The van der Waals surface area contributed by atoms with Gasteiger partial charge in [-0.2, -0.15) is 0 Å². The molecule has 160 valence electrons. The highest BCUT2D eigenvalue weighted by molar-refractivity contribution is 6.46. The number of ether oxygens (including phenoxy) is 2. The van der Waals surface area contributed by atoms with Gasteiger partial charge in [-0.1, -0.05) is 0 Å². The number of rotatable bonds is 4. The minimum Gasteiger partial charge on any atom is -0.507 e. The number of fused-ring (bicyclic) bond motifs is 1. The maximum Gasteiger partial charge on any atom is 0.295 e. The number of pyridine rings is 1. The molecule has 0 saturated carbocycles. The molecule has 2 aromatic rings. The number of aromatic nitrogens is 1. The zero-order valence-corrected chi connectivity index (χ0v) is 17.3. The molecule has 0 spiro atoms. The van der Waals surface area contributed by atoms with Crippen LogP contribution < -0.4 is 4.74 Å². The highest BCUT2D eigenvalue weighted by atomic mass is 16.5. The summed E-state index contributed by atoms with van der Waals surface area (Å²) in [7, 11) is 0. The Balaban J connectivity index is 1.59. The molecule has 7 nitrogen and oxygen atoms in total. The van der Waals surface area contributed by atoms with Gasteiger partial charge in [0, 0.05) is 37.5 Å². The lowest BCUT2D eigenvalue weighted by Crippen LogP contribution is -2.36. The summed E-state index contributed by atoms with van der Waals surface area (Å²) in [5, 5.41) is 11.2. The fourth-order valence-electron chi connectivity index (χ4n) is 4.69. The smallest absolute Gasteiger partial charge is 0.295 e. The maximum absolute atomic E-state index is 13.1. The van der Waals surface area contributed by atoms with E-state index in [0.29, 0.717) is 18.7 Å². The molecule has 3 aliphatic heterocycles. The Bertz CT molecular complexity index is 1060. The van der Waals surface area contributed by atoms with Crippen LogP contribution in [0.15, 0.2) is 48.3 Å². The minimum atomic E-state index is -0.685. The summed E-state index contributed by atoms with van der Waals surface area (Å²) in [5.41, 5.74) is 2.31. The molecule has 1 aromatic carbocycles. The van der Waals surface area contributed by atoms with E-state index in [4.69, 9.17) is 9.47 Å². The largest absolute Gasteiger partial charge is 0.507 e. The van der Waals surface area contributed by atoms with Crippen molar-refractivity contribution in [3.8, 4) is 5.75 Å². The normalized spacial score (nSPS) is 26.9. The number of likely N-dealkylation sites (tertiary alicyclic amines) is 1. The van der Waals surface area contributed by atoms with E-state index < -0.39 is 17.7 Å². The number of Topliss-reactive ketones (excluding diaryl/α,β-unsaturated/α-hetero) is 1. The molecule has 0 radical (unpaired) electrons. The first kappa shape index (κ1) is 19.8. The van der Waals surface area contributed by atoms with Crippen LogP contribution >= 0.6 is 0 Å². The van der Waals surface area contributed by atoms with Crippen molar-refractivity contribution in [1.29, 1.82) is 0 Å². The van der Waals surface area contributed by atoms with E-state index in [2.05, 4.69) is 4.98 Å². The van der Waals surface area contributed by atoms with E-state index in [9.17, 15) is 14.7 Å². The average molecular weight is 420 g/mol. The molecule has 0 bridgehead atoms. The Hall–Kier alpha value is -3.19. The zero-order valence-electron chi connectivity index (χ0n) is 17.3. The molecule has 5 rings (SSSR count). The number of hydrogen-bond donors (Lipinski definition) is 1. The Morgan fingerprint density at radius 1 is 1.23 bits per heavy atom. The molecule has 0 unspecified atom stereocenters. The average Bonchev–Trinajstić information content (AvgIpc) is 3.48. The maximum atomic E-state index is 13.1. The third-order valence-electron chi connectivity index (χ3n) is 6.16. The summed E-state index contributed by atoms with van der Waals surface area (Å²) in [4.78, 5) is 31.7. The van der Waals surface area contributed by atoms with E-state index in [1.807, 2.05) is 13.0 Å². The number of nitrogens with zero attached hydrogens (tertiary/aromatic N) is 2. The molecule has 1 aromatic heterocycles. The monoisotopic (exact) mass is 420 g/mol. The number of benzene rings is 1. The number of carbonyl (C=O) groups is 2. The SMILES string of the molecule is C[C@H]1Cc2cc(C(O)=C3C(=O)C(=O)N(C[C@@H]4CCCO4)[C@H]3c3ccncc3)ccc2O1. The van der Waals surface area contributed by atoms with Gasteiger partial charge in [-0.3, -0.25) is 14.6 Å². The van der Waals surface area contributed by atoms with Gasteiger partial charge in [0.2, 0.25) is 0 Å². The number of hydrogen-bond acceptors (Lipinski definition) is 6. The quantitative estimate of drug-likeness (QED) is 0.465. The Morgan fingerprint density at radius 3 is 2.77 bits per heavy atom. The van der Waals surface area contributed by atoms with Crippen molar-refractivity contribution in [2.24, 2.45) is 0 Å². The fourth-order valence-corrected chi connectivity index (χ4v) is 4.69.